The average molecular weight is 447 g/mol. The summed E-state index contributed by atoms with van der Waals surface area (Å²) in [6.45, 7) is 5.60. The van der Waals surface area contributed by atoms with Crippen molar-refractivity contribution in [1.29, 1.82) is 0 Å². The van der Waals surface area contributed by atoms with E-state index in [-0.39, 0.29) is 22.4 Å². The lowest BCUT2D eigenvalue weighted by molar-refractivity contribution is -0.384. The number of thiazole rings is 1. The first kappa shape index (κ1) is 20.1. The van der Waals surface area contributed by atoms with Crippen LogP contribution in [0.2, 0.25) is 0 Å². The molecule has 0 bridgehead atoms. The Bertz CT molecular complexity index is 1480. The Balaban J connectivity index is 1.83. The molecule has 0 fully saturated rings. The molecule has 0 saturated carbocycles. The van der Waals surface area contributed by atoms with E-state index < -0.39 is 16.9 Å². The maximum atomic E-state index is 13.6. The third-order valence-corrected chi connectivity index (χ3v) is 6.72. The molecule has 160 valence electrons. The highest BCUT2D eigenvalue weighted by atomic mass is 32.1. The average Bonchev–Trinajstić information content (AvgIpc) is 3.25. The first-order chi connectivity index (χ1) is 15.3. The van der Waals surface area contributed by atoms with Crippen molar-refractivity contribution in [2.45, 2.75) is 26.8 Å². The lowest BCUT2D eigenvalue weighted by Crippen LogP contribution is -2.29. The number of aromatic nitrogens is 1. The zero-order chi connectivity index (χ0) is 22.7. The van der Waals surface area contributed by atoms with E-state index in [1.54, 1.807) is 30.3 Å². The van der Waals surface area contributed by atoms with Crippen LogP contribution in [0.25, 0.3) is 11.0 Å². The van der Waals surface area contributed by atoms with Gasteiger partial charge in [-0.3, -0.25) is 24.6 Å². The number of anilines is 1. The standard InChI is InChI=1S/C23H17N3O5S/c1-11-7-8-17-16(9-11)20(27)18-19(14-5-4-6-15(10-14)26(29)30)25(22(28)21(18)31-17)23-24-12(2)13(3)32-23/h4-10,19H,1-3H3/t19-/m0/s1. The van der Waals surface area contributed by atoms with Crippen LogP contribution in [0.4, 0.5) is 10.8 Å². The first-order valence-electron chi connectivity index (χ1n) is 9.85. The highest BCUT2D eigenvalue weighted by Gasteiger charge is 2.45. The second kappa shape index (κ2) is 7.10. The second-order valence-electron chi connectivity index (χ2n) is 7.74. The Labute approximate surface area is 185 Å². The highest BCUT2D eigenvalue weighted by molar-refractivity contribution is 7.15. The number of hydrogen-bond donors (Lipinski definition) is 0. The van der Waals surface area contributed by atoms with E-state index in [4.69, 9.17) is 4.42 Å². The van der Waals surface area contributed by atoms with Gasteiger partial charge in [0.1, 0.15) is 5.58 Å². The fourth-order valence-corrected chi connectivity index (χ4v) is 4.90. The summed E-state index contributed by atoms with van der Waals surface area (Å²) >= 11 is 1.32. The van der Waals surface area contributed by atoms with Gasteiger partial charge < -0.3 is 4.42 Å². The van der Waals surface area contributed by atoms with Gasteiger partial charge in [0, 0.05) is 17.0 Å². The molecule has 1 aliphatic rings. The number of non-ortho nitro benzene ring substituents is 1. The number of carbonyl (C=O) groups is 1. The number of nitro groups is 1. The normalized spacial score (nSPS) is 15.4. The van der Waals surface area contributed by atoms with Crippen LogP contribution in [0, 0.1) is 30.9 Å². The van der Waals surface area contributed by atoms with Gasteiger partial charge in [-0.1, -0.05) is 23.8 Å². The molecule has 32 heavy (non-hydrogen) atoms. The number of hydrogen-bond acceptors (Lipinski definition) is 7. The Kier molecular flexibility index (Phi) is 4.45. The van der Waals surface area contributed by atoms with Crippen LogP contribution in [-0.4, -0.2) is 15.8 Å². The molecular formula is C23H17N3O5S. The highest BCUT2D eigenvalue weighted by Crippen LogP contribution is 2.43. The minimum Gasteiger partial charge on any atom is -0.450 e. The van der Waals surface area contributed by atoms with E-state index >= 15 is 0 Å². The molecule has 1 amide bonds. The number of fused-ring (bicyclic) bond motifs is 2. The molecule has 0 aliphatic carbocycles. The fraction of sp³-hybridized carbons (Fsp3) is 0.174. The molecule has 1 atom stereocenters. The lowest BCUT2D eigenvalue weighted by atomic mass is 9.98. The van der Waals surface area contributed by atoms with Crippen LogP contribution in [0.3, 0.4) is 0 Å². The first-order valence-corrected chi connectivity index (χ1v) is 10.7. The van der Waals surface area contributed by atoms with Gasteiger partial charge in [0.25, 0.3) is 11.6 Å². The largest absolute Gasteiger partial charge is 0.450 e. The third-order valence-electron chi connectivity index (χ3n) is 5.65. The molecule has 4 aromatic rings. The van der Waals surface area contributed by atoms with Crippen molar-refractivity contribution < 1.29 is 14.1 Å². The smallest absolute Gasteiger partial charge is 0.297 e. The molecule has 0 unspecified atom stereocenters. The van der Waals surface area contributed by atoms with Crippen LogP contribution in [0.15, 0.2) is 51.7 Å². The van der Waals surface area contributed by atoms with Gasteiger partial charge in [-0.15, -0.1) is 11.3 Å². The zero-order valence-electron chi connectivity index (χ0n) is 17.4. The zero-order valence-corrected chi connectivity index (χ0v) is 18.2. The van der Waals surface area contributed by atoms with E-state index in [1.807, 2.05) is 20.8 Å². The van der Waals surface area contributed by atoms with E-state index in [1.165, 1.54) is 28.4 Å². The van der Waals surface area contributed by atoms with Crippen molar-refractivity contribution in [2.75, 3.05) is 4.90 Å². The monoisotopic (exact) mass is 447 g/mol. The minimum atomic E-state index is -0.886. The van der Waals surface area contributed by atoms with Gasteiger partial charge in [-0.05, 0) is 38.5 Å². The summed E-state index contributed by atoms with van der Waals surface area (Å²) in [5, 5.41) is 12.2. The van der Waals surface area contributed by atoms with Crippen LogP contribution in [-0.2, 0) is 0 Å². The minimum absolute atomic E-state index is 0.0617. The second-order valence-corrected chi connectivity index (χ2v) is 8.92. The number of rotatable bonds is 3. The van der Waals surface area contributed by atoms with Crippen LogP contribution in [0.5, 0.6) is 0 Å². The summed E-state index contributed by atoms with van der Waals surface area (Å²) in [6.07, 6.45) is 0. The van der Waals surface area contributed by atoms with Crippen molar-refractivity contribution in [1.82, 2.24) is 4.98 Å². The van der Waals surface area contributed by atoms with Crippen molar-refractivity contribution in [3.63, 3.8) is 0 Å². The van der Waals surface area contributed by atoms with E-state index in [2.05, 4.69) is 4.98 Å². The summed E-state index contributed by atoms with van der Waals surface area (Å²) in [5.74, 6) is -0.557. The molecule has 0 radical (unpaired) electrons. The maximum Gasteiger partial charge on any atom is 0.297 e. The number of benzene rings is 2. The Morgan fingerprint density at radius 1 is 1.12 bits per heavy atom. The molecule has 8 nitrogen and oxygen atoms in total. The molecule has 2 aromatic heterocycles. The summed E-state index contributed by atoms with van der Waals surface area (Å²) in [7, 11) is 0. The summed E-state index contributed by atoms with van der Waals surface area (Å²) in [4.78, 5) is 44.8. The van der Waals surface area contributed by atoms with Gasteiger partial charge in [-0.2, -0.15) is 0 Å². The van der Waals surface area contributed by atoms with E-state index in [0.717, 1.165) is 16.1 Å². The van der Waals surface area contributed by atoms with E-state index in [0.29, 0.717) is 21.7 Å². The molecule has 5 rings (SSSR count). The maximum absolute atomic E-state index is 13.6. The Morgan fingerprint density at radius 3 is 2.59 bits per heavy atom. The Morgan fingerprint density at radius 2 is 1.91 bits per heavy atom. The summed E-state index contributed by atoms with van der Waals surface area (Å²) in [6, 6.07) is 10.3. The lowest BCUT2D eigenvalue weighted by Gasteiger charge is -2.22. The SMILES string of the molecule is Cc1ccc2oc3c(c(=O)c2c1)[C@H](c1cccc([N+](=O)[O-])c1)N(c1nc(C)c(C)s1)C3=O. The quantitative estimate of drug-likeness (QED) is 0.329. The number of aryl methyl sites for hydroxylation is 3. The number of amides is 1. The topological polar surface area (TPSA) is 107 Å². The van der Waals surface area contributed by atoms with Gasteiger partial charge in [0.15, 0.2) is 10.6 Å². The van der Waals surface area contributed by atoms with Gasteiger partial charge >= 0.3 is 0 Å². The van der Waals surface area contributed by atoms with Crippen LogP contribution >= 0.6 is 11.3 Å². The van der Waals surface area contributed by atoms with Crippen LogP contribution in [0.1, 0.15) is 43.9 Å². The fourth-order valence-electron chi connectivity index (χ4n) is 3.97. The summed E-state index contributed by atoms with van der Waals surface area (Å²) in [5.41, 5.74) is 2.11. The van der Waals surface area contributed by atoms with Crippen molar-refractivity contribution >= 4 is 39.0 Å². The number of nitro benzene ring substituents is 1. The predicted octanol–water partition coefficient (Wildman–Crippen LogP) is 4.83. The van der Waals surface area contributed by atoms with E-state index in [9.17, 15) is 19.7 Å². The van der Waals surface area contributed by atoms with Crippen molar-refractivity contribution in [3.8, 4) is 0 Å². The molecule has 1 aliphatic heterocycles. The molecular weight excluding hydrogens is 430 g/mol. The third kappa shape index (κ3) is 2.93. The molecule has 2 aromatic carbocycles. The number of nitrogens with zero attached hydrogens (tertiary/aromatic N) is 3. The Hall–Kier alpha value is -3.85. The van der Waals surface area contributed by atoms with Gasteiger partial charge in [0.2, 0.25) is 5.76 Å². The number of carbonyl (C=O) groups excluding carboxylic acids is 1. The summed E-state index contributed by atoms with van der Waals surface area (Å²) < 4.78 is 5.92. The molecule has 0 saturated heterocycles. The molecule has 0 spiro atoms. The molecule has 3 heterocycles. The van der Waals surface area contributed by atoms with Crippen LogP contribution < -0.4 is 10.3 Å². The van der Waals surface area contributed by atoms with Gasteiger partial charge in [-0.25, -0.2) is 4.98 Å². The van der Waals surface area contributed by atoms with Crippen molar-refractivity contribution in [3.05, 3.63) is 95.8 Å². The van der Waals surface area contributed by atoms with Crippen molar-refractivity contribution in [2.24, 2.45) is 0 Å². The molecule has 9 heteroatoms. The predicted molar refractivity (Wildman–Crippen MR) is 121 cm³/mol. The molecule has 0 N–H and O–H groups in total. The van der Waals surface area contributed by atoms with Gasteiger partial charge in [0.05, 0.1) is 27.6 Å².